The number of nitrogens with zero attached hydrogens (tertiary/aromatic N) is 2. The van der Waals surface area contributed by atoms with Crippen LogP contribution in [0.2, 0.25) is 0 Å². The van der Waals surface area contributed by atoms with E-state index in [-0.39, 0.29) is 28.9 Å². The number of hydrogen-bond donors (Lipinski definition) is 1. The number of rotatable bonds is 8. The van der Waals surface area contributed by atoms with Crippen molar-refractivity contribution in [3.63, 3.8) is 0 Å². The zero-order chi connectivity index (χ0) is 23.3. The van der Waals surface area contributed by atoms with Crippen LogP contribution in [0.1, 0.15) is 6.42 Å². The first-order valence-corrected chi connectivity index (χ1v) is 12.5. The highest BCUT2D eigenvalue weighted by atomic mass is 79.9. The van der Waals surface area contributed by atoms with Gasteiger partial charge in [0.1, 0.15) is 11.0 Å². The Morgan fingerprint density at radius 1 is 1.31 bits per heavy atom. The number of halogens is 1. The molecular formula is C21H20BrN3O5S2. The summed E-state index contributed by atoms with van der Waals surface area (Å²) in [5.74, 6) is -0.209. The SMILES string of the molecule is C=CCN1C(=O)[C@@H](CC(=O)Nc2cccc(OC)c2)SC1=NS(=O)(=O)c1ccc(Br)cc1. The molecule has 2 aromatic carbocycles. The second-order valence-corrected chi connectivity index (χ2v) is 10.3. The predicted octanol–water partition coefficient (Wildman–Crippen LogP) is 3.66. The number of carbonyl (C=O) groups excluding carboxylic acids is 2. The molecule has 1 saturated heterocycles. The second-order valence-electron chi connectivity index (χ2n) is 6.63. The number of amidine groups is 1. The molecule has 0 saturated carbocycles. The molecule has 1 atom stereocenters. The van der Waals surface area contributed by atoms with Gasteiger partial charge in [-0.1, -0.05) is 39.8 Å². The Labute approximate surface area is 198 Å². The van der Waals surface area contributed by atoms with Crippen molar-refractivity contribution in [2.24, 2.45) is 4.40 Å². The summed E-state index contributed by atoms with van der Waals surface area (Å²) in [4.78, 5) is 26.6. The first-order chi connectivity index (χ1) is 15.2. The van der Waals surface area contributed by atoms with E-state index in [2.05, 4.69) is 32.2 Å². The highest BCUT2D eigenvalue weighted by Crippen LogP contribution is 2.31. The van der Waals surface area contributed by atoms with Gasteiger partial charge in [0.05, 0.1) is 12.0 Å². The molecule has 1 fully saturated rings. The van der Waals surface area contributed by atoms with Gasteiger partial charge in [0, 0.05) is 29.2 Å². The van der Waals surface area contributed by atoms with Gasteiger partial charge in [-0.15, -0.1) is 11.0 Å². The van der Waals surface area contributed by atoms with Crippen molar-refractivity contribution < 1.29 is 22.7 Å². The smallest absolute Gasteiger partial charge is 0.284 e. The molecular weight excluding hydrogens is 518 g/mol. The molecule has 1 aliphatic rings. The average Bonchev–Trinajstić information content (AvgIpc) is 3.02. The Morgan fingerprint density at radius 3 is 2.69 bits per heavy atom. The molecule has 32 heavy (non-hydrogen) atoms. The zero-order valence-electron chi connectivity index (χ0n) is 17.0. The molecule has 0 radical (unpaired) electrons. The number of thioether (sulfide) groups is 1. The fourth-order valence-corrected chi connectivity index (χ4v) is 5.48. The number of anilines is 1. The molecule has 8 nitrogen and oxygen atoms in total. The van der Waals surface area contributed by atoms with Crippen molar-refractivity contribution in [1.29, 1.82) is 0 Å². The fraction of sp³-hybridized carbons (Fsp3) is 0.190. The topological polar surface area (TPSA) is 105 Å². The Bertz CT molecular complexity index is 1170. The van der Waals surface area contributed by atoms with Gasteiger partial charge in [-0.05, 0) is 36.4 Å². The van der Waals surface area contributed by atoms with Crippen molar-refractivity contribution in [2.75, 3.05) is 19.0 Å². The molecule has 0 bridgehead atoms. The van der Waals surface area contributed by atoms with E-state index in [9.17, 15) is 18.0 Å². The van der Waals surface area contributed by atoms with Crippen LogP contribution < -0.4 is 10.1 Å². The molecule has 0 spiro atoms. The molecule has 0 aliphatic carbocycles. The van der Waals surface area contributed by atoms with E-state index in [1.54, 1.807) is 36.4 Å². The number of amides is 2. The average molecular weight is 538 g/mol. The third kappa shape index (κ3) is 5.78. The molecule has 0 aromatic heterocycles. The molecule has 2 aromatic rings. The van der Waals surface area contributed by atoms with Crippen LogP contribution in [0.4, 0.5) is 5.69 Å². The summed E-state index contributed by atoms with van der Waals surface area (Å²) in [7, 11) is -2.52. The summed E-state index contributed by atoms with van der Waals surface area (Å²) in [5, 5.41) is 1.92. The summed E-state index contributed by atoms with van der Waals surface area (Å²) < 4.78 is 35.2. The van der Waals surface area contributed by atoms with E-state index in [0.29, 0.717) is 11.4 Å². The largest absolute Gasteiger partial charge is 0.497 e. The van der Waals surface area contributed by atoms with E-state index in [0.717, 1.165) is 16.2 Å². The van der Waals surface area contributed by atoms with Crippen LogP contribution in [-0.4, -0.2) is 49.2 Å². The van der Waals surface area contributed by atoms with Gasteiger partial charge in [0.2, 0.25) is 11.8 Å². The maximum Gasteiger partial charge on any atom is 0.284 e. The number of hydrogen-bond acceptors (Lipinski definition) is 6. The van der Waals surface area contributed by atoms with Gasteiger partial charge >= 0.3 is 0 Å². The molecule has 1 N–H and O–H groups in total. The highest BCUT2D eigenvalue weighted by Gasteiger charge is 2.39. The lowest BCUT2D eigenvalue weighted by Gasteiger charge is -2.13. The normalized spacial score (nSPS) is 17.4. The van der Waals surface area contributed by atoms with Crippen molar-refractivity contribution in [1.82, 2.24) is 4.90 Å². The van der Waals surface area contributed by atoms with Gasteiger partial charge < -0.3 is 10.1 Å². The predicted molar refractivity (Wildman–Crippen MR) is 128 cm³/mol. The standard InChI is InChI=1S/C21H20BrN3O5S2/c1-3-11-25-20(27)18(13-19(26)23-15-5-4-6-16(12-15)30-2)31-21(25)24-32(28,29)17-9-7-14(22)8-10-17/h3-10,12,18H,1,11,13H2,2H3,(H,23,26)/t18-/m1/s1. The number of methoxy groups -OCH3 is 1. The minimum absolute atomic E-state index is 0.000907. The Morgan fingerprint density at radius 2 is 2.03 bits per heavy atom. The quantitative estimate of drug-likeness (QED) is 0.515. The van der Waals surface area contributed by atoms with Gasteiger partial charge in [0.15, 0.2) is 5.17 Å². The van der Waals surface area contributed by atoms with Gasteiger partial charge in [-0.25, -0.2) is 0 Å². The summed E-state index contributed by atoms with van der Waals surface area (Å²) >= 11 is 4.20. The first kappa shape index (κ1) is 24.0. The third-order valence-corrected chi connectivity index (χ3v) is 7.47. The van der Waals surface area contributed by atoms with Crippen LogP contribution in [0.25, 0.3) is 0 Å². The Kier molecular flexibility index (Phi) is 7.75. The van der Waals surface area contributed by atoms with Crippen molar-refractivity contribution in [2.45, 2.75) is 16.6 Å². The van der Waals surface area contributed by atoms with E-state index < -0.39 is 21.2 Å². The number of benzene rings is 2. The van der Waals surface area contributed by atoms with Crippen molar-refractivity contribution in [3.05, 3.63) is 65.7 Å². The molecule has 11 heteroatoms. The maximum absolute atomic E-state index is 12.8. The van der Waals surface area contributed by atoms with Gasteiger partial charge in [-0.3, -0.25) is 14.5 Å². The number of carbonyl (C=O) groups is 2. The molecule has 1 heterocycles. The van der Waals surface area contributed by atoms with Crippen LogP contribution in [0.5, 0.6) is 5.75 Å². The molecule has 2 amide bonds. The van der Waals surface area contributed by atoms with E-state index in [4.69, 9.17) is 4.74 Å². The number of sulfonamides is 1. The van der Waals surface area contributed by atoms with E-state index in [1.165, 1.54) is 30.2 Å². The van der Waals surface area contributed by atoms with Crippen LogP contribution in [0.3, 0.4) is 0 Å². The lowest BCUT2D eigenvalue weighted by atomic mass is 10.2. The van der Waals surface area contributed by atoms with Crippen LogP contribution in [0.15, 0.2) is 75.0 Å². The Balaban J connectivity index is 1.78. The minimum atomic E-state index is -4.04. The summed E-state index contributed by atoms with van der Waals surface area (Å²) in [6.45, 7) is 3.69. The van der Waals surface area contributed by atoms with Crippen LogP contribution >= 0.6 is 27.7 Å². The highest BCUT2D eigenvalue weighted by molar-refractivity contribution is 9.10. The number of ether oxygens (including phenoxy) is 1. The molecule has 0 unspecified atom stereocenters. The van der Waals surface area contributed by atoms with E-state index in [1.807, 2.05) is 0 Å². The maximum atomic E-state index is 12.8. The lowest BCUT2D eigenvalue weighted by molar-refractivity contribution is -0.127. The van der Waals surface area contributed by atoms with Gasteiger partial charge in [-0.2, -0.15) is 8.42 Å². The molecule has 3 rings (SSSR count). The first-order valence-electron chi connectivity index (χ1n) is 9.37. The lowest BCUT2D eigenvalue weighted by Crippen LogP contribution is -2.33. The Hall–Kier alpha value is -2.63. The summed E-state index contributed by atoms with van der Waals surface area (Å²) in [6, 6.07) is 12.8. The van der Waals surface area contributed by atoms with Crippen molar-refractivity contribution in [3.8, 4) is 5.75 Å². The van der Waals surface area contributed by atoms with Crippen LogP contribution in [-0.2, 0) is 19.6 Å². The van der Waals surface area contributed by atoms with Crippen molar-refractivity contribution >= 4 is 60.4 Å². The third-order valence-electron chi connectivity index (χ3n) is 4.37. The van der Waals surface area contributed by atoms with Gasteiger partial charge in [0.25, 0.3) is 10.0 Å². The summed E-state index contributed by atoms with van der Waals surface area (Å²) in [5.41, 5.74) is 0.527. The zero-order valence-corrected chi connectivity index (χ0v) is 20.2. The monoisotopic (exact) mass is 537 g/mol. The van der Waals surface area contributed by atoms with Crippen LogP contribution in [0, 0.1) is 0 Å². The summed E-state index contributed by atoms with van der Waals surface area (Å²) in [6.07, 6.45) is 1.32. The fourth-order valence-electron chi connectivity index (χ4n) is 2.85. The molecule has 1 aliphatic heterocycles. The van der Waals surface area contributed by atoms with E-state index >= 15 is 0 Å². The second kappa shape index (κ2) is 10.3. The number of nitrogens with one attached hydrogen (secondary N) is 1. The minimum Gasteiger partial charge on any atom is -0.497 e. The molecule has 168 valence electrons.